The van der Waals surface area contributed by atoms with Crippen molar-refractivity contribution >= 4 is 16.9 Å². The molecule has 0 amide bonds. The van der Waals surface area contributed by atoms with E-state index < -0.39 is 0 Å². The fraction of sp³-hybridized carbons (Fsp3) is 0.276. The molecule has 0 N–H and O–H groups in total. The molecule has 0 saturated heterocycles. The molecule has 0 unspecified atom stereocenters. The molecule has 3 aromatic rings. The maximum absolute atomic E-state index is 13.1. The maximum Gasteiger partial charge on any atom is 0.339 e. The molecule has 0 bridgehead atoms. The molecule has 3 aromatic carbocycles. The van der Waals surface area contributed by atoms with Gasteiger partial charge in [-0.2, -0.15) is 0 Å². The average molecular weight is 442 g/mol. The van der Waals surface area contributed by atoms with Crippen LogP contribution in [-0.2, 0) is 15.6 Å². The van der Waals surface area contributed by atoms with Gasteiger partial charge < -0.3 is 4.74 Å². The highest BCUT2D eigenvalue weighted by molar-refractivity contribution is 7.97. The van der Waals surface area contributed by atoms with E-state index >= 15 is 0 Å². The van der Waals surface area contributed by atoms with Crippen LogP contribution in [0.1, 0.15) is 55.3 Å². The van der Waals surface area contributed by atoms with E-state index in [1.54, 1.807) is 0 Å². The maximum atomic E-state index is 13.1. The van der Waals surface area contributed by atoms with Crippen molar-refractivity contribution in [2.24, 2.45) is 0 Å². The summed E-state index contributed by atoms with van der Waals surface area (Å²) in [5, 5.41) is 0. The third-order valence-electron chi connectivity index (χ3n) is 6.61. The Labute approximate surface area is 193 Å². The summed E-state index contributed by atoms with van der Waals surface area (Å²) in [6.45, 7) is 0. The lowest BCUT2D eigenvalue weighted by molar-refractivity contribution is 0.000862. The lowest BCUT2D eigenvalue weighted by Crippen LogP contribution is -2.33. The SMILES string of the molecule is O=C(OC1(C2=CCCC2)CCCC1)c1ccc([S+](c2ccccc2)c2ccccc2)cc1. The van der Waals surface area contributed by atoms with Crippen LogP contribution in [0.3, 0.4) is 0 Å². The van der Waals surface area contributed by atoms with E-state index in [9.17, 15) is 4.79 Å². The Balaban J connectivity index is 1.41. The molecule has 1 fully saturated rings. The predicted octanol–water partition coefficient (Wildman–Crippen LogP) is 7.36. The van der Waals surface area contributed by atoms with Crippen molar-refractivity contribution in [3.8, 4) is 0 Å². The Hall–Kier alpha value is -2.78. The van der Waals surface area contributed by atoms with Gasteiger partial charge in [-0.1, -0.05) is 42.5 Å². The highest BCUT2D eigenvalue weighted by Crippen LogP contribution is 2.44. The highest BCUT2D eigenvalue weighted by atomic mass is 32.2. The zero-order valence-corrected chi connectivity index (χ0v) is 19.2. The normalized spacial score (nSPS) is 17.3. The first kappa shape index (κ1) is 21.1. The van der Waals surface area contributed by atoms with Crippen molar-refractivity contribution < 1.29 is 9.53 Å². The minimum Gasteiger partial charge on any atom is -0.451 e. The van der Waals surface area contributed by atoms with Gasteiger partial charge in [-0.3, -0.25) is 0 Å². The molecule has 0 spiro atoms. The van der Waals surface area contributed by atoms with Crippen LogP contribution in [-0.4, -0.2) is 11.6 Å². The van der Waals surface area contributed by atoms with Crippen molar-refractivity contribution in [3.05, 3.63) is 102 Å². The van der Waals surface area contributed by atoms with Gasteiger partial charge >= 0.3 is 5.97 Å². The van der Waals surface area contributed by atoms with Gasteiger partial charge in [-0.25, -0.2) is 4.79 Å². The Morgan fingerprint density at radius 1 is 0.719 bits per heavy atom. The molecule has 2 nitrogen and oxygen atoms in total. The molecule has 5 rings (SSSR count). The third-order valence-corrected chi connectivity index (χ3v) is 8.84. The fourth-order valence-corrected chi connectivity index (χ4v) is 7.09. The first-order valence-electron chi connectivity index (χ1n) is 11.6. The lowest BCUT2D eigenvalue weighted by atomic mass is 9.91. The monoisotopic (exact) mass is 441 g/mol. The van der Waals surface area contributed by atoms with Crippen molar-refractivity contribution in [1.82, 2.24) is 0 Å². The first-order chi connectivity index (χ1) is 15.8. The zero-order valence-electron chi connectivity index (χ0n) is 18.3. The van der Waals surface area contributed by atoms with Crippen LogP contribution in [0.4, 0.5) is 0 Å². The van der Waals surface area contributed by atoms with Crippen LogP contribution in [0.5, 0.6) is 0 Å². The third kappa shape index (κ3) is 4.27. The van der Waals surface area contributed by atoms with Crippen molar-refractivity contribution in [2.45, 2.75) is 65.2 Å². The van der Waals surface area contributed by atoms with Gasteiger partial charge in [0.2, 0.25) is 0 Å². The zero-order chi connectivity index (χ0) is 21.8. The minimum atomic E-state index is -0.357. The molecule has 0 aliphatic heterocycles. The van der Waals surface area contributed by atoms with Gasteiger partial charge in [0.15, 0.2) is 14.7 Å². The van der Waals surface area contributed by atoms with E-state index in [1.807, 2.05) is 24.3 Å². The second-order valence-corrected chi connectivity index (χ2v) is 10.7. The predicted molar refractivity (Wildman–Crippen MR) is 130 cm³/mol. The summed E-state index contributed by atoms with van der Waals surface area (Å²) >= 11 is 0. The summed E-state index contributed by atoms with van der Waals surface area (Å²) < 4.78 is 6.23. The lowest BCUT2D eigenvalue weighted by Gasteiger charge is -2.31. The number of allylic oxidation sites excluding steroid dienone is 1. The molecule has 2 aliphatic rings. The van der Waals surface area contributed by atoms with Crippen LogP contribution in [0.15, 0.2) is 111 Å². The second kappa shape index (κ2) is 9.38. The van der Waals surface area contributed by atoms with Crippen molar-refractivity contribution in [1.29, 1.82) is 0 Å². The summed E-state index contributed by atoms with van der Waals surface area (Å²) in [7, 11) is -0.212. The van der Waals surface area contributed by atoms with E-state index in [1.165, 1.54) is 26.7 Å². The van der Waals surface area contributed by atoms with Gasteiger partial charge in [0.25, 0.3) is 0 Å². The standard InChI is InChI=1S/C29H29O2S/c30-28(31-29(21-9-10-22-29)24-11-7-8-12-24)23-17-19-27(20-18-23)32(25-13-3-1-4-14-25)26-15-5-2-6-16-26/h1-6,11,13-20H,7-10,12,21-22H2/q+1. The number of carbonyl (C=O) groups excluding carboxylic acids is 1. The summed E-state index contributed by atoms with van der Waals surface area (Å²) in [5.41, 5.74) is 1.64. The minimum absolute atomic E-state index is 0.189. The molecule has 3 heteroatoms. The van der Waals surface area contributed by atoms with Gasteiger partial charge in [-0.05, 0) is 99.0 Å². The number of hydrogen-bond acceptors (Lipinski definition) is 2. The molecule has 162 valence electrons. The molecular weight excluding hydrogens is 412 g/mol. The van der Waals surface area contributed by atoms with Gasteiger partial charge in [0.1, 0.15) is 5.60 Å². The summed E-state index contributed by atoms with van der Waals surface area (Å²) in [6.07, 6.45) is 9.90. The van der Waals surface area contributed by atoms with Crippen molar-refractivity contribution in [3.63, 3.8) is 0 Å². The molecule has 1 saturated carbocycles. The van der Waals surface area contributed by atoms with Crippen LogP contribution in [0.2, 0.25) is 0 Å². The Kier molecular flexibility index (Phi) is 6.18. The van der Waals surface area contributed by atoms with E-state index in [2.05, 4.69) is 66.7 Å². The van der Waals surface area contributed by atoms with E-state index in [0.717, 1.165) is 38.5 Å². The highest BCUT2D eigenvalue weighted by Gasteiger charge is 2.42. The second-order valence-electron chi connectivity index (χ2n) is 8.67. The quantitative estimate of drug-likeness (QED) is 0.227. The van der Waals surface area contributed by atoms with Crippen molar-refractivity contribution in [2.75, 3.05) is 0 Å². The summed E-state index contributed by atoms with van der Waals surface area (Å²) in [6, 6.07) is 29.2. The molecule has 32 heavy (non-hydrogen) atoms. The topological polar surface area (TPSA) is 26.3 Å². The number of esters is 1. The summed E-state index contributed by atoms with van der Waals surface area (Å²) in [4.78, 5) is 16.9. The van der Waals surface area contributed by atoms with Crippen LogP contribution < -0.4 is 0 Å². The van der Waals surface area contributed by atoms with Gasteiger partial charge in [0.05, 0.1) is 16.5 Å². The van der Waals surface area contributed by atoms with Crippen LogP contribution >= 0.6 is 0 Å². The van der Waals surface area contributed by atoms with Crippen LogP contribution in [0, 0.1) is 0 Å². The first-order valence-corrected chi connectivity index (χ1v) is 12.8. The number of hydrogen-bond donors (Lipinski definition) is 0. The largest absolute Gasteiger partial charge is 0.451 e. The van der Waals surface area contributed by atoms with E-state index in [-0.39, 0.29) is 22.5 Å². The molecule has 0 radical (unpaired) electrons. The van der Waals surface area contributed by atoms with E-state index in [4.69, 9.17) is 4.74 Å². The molecule has 0 aromatic heterocycles. The number of benzene rings is 3. The number of rotatable bonds is 6. The summed E-state index contributed by atoms with van der Waals surface area (Å²) in [5.74, 6) is -0.189. The average Bonchev–Trinajstić information content (AvgIpc) is 3.54. The number of carbonyl (C=O) groups is 1. The Bertz CT molecular complexity index is 1040. The fourth-order valence-electron chi connectivity index (χ4n) is 5.00. The van der Waals surface area contributed by atoms with Gasteiger partial charge in [-0.15, -0.1) is 0 Å². The Morgan fingerprint density at radius 2 is 1.28 bits per heavy atom. The number of ether oxygens (including phenoxy) is 1. The molecule has 0 heterocycles. The van der Waals surface area contributed by atoms with E-state index in [0.29, 0.717) is 5.56 Å². The van der Waals surface area contributed by atoms with Crippen LogP contribution in [0.25, 0.3) is 0 Å². The smallest absolute Gasteiger partial charge is 0.339 e. The van der Waals surface area contributed by atoms with Gasteiger partial charge in [0, 0.05) is 0 Å². The molecule has 0 atom stereocenters. The molecule has 2 aliphatic carbocycles. The molecular formula is C29H29O2S+. The Morgan fingerprint density at radius 3 is 1.81 bits per heavy atom.